The normalized spacial score (nSPS) is 17.9. The molecular formula is C13H19Cl2FN2O. The number of nitrogens with zero attached hydrogens (tertiary/aromatic N) is 1. The molecule has 3 nitrogen and oxygen atoms in total. The van der Waals surface area contributed by atoms with Gasteiger partial charge in [0.25, 0.3) is 0 Å². The zero-order valence-electron chi connectivity index (χ0n) is 10.8. The Morgan fingerprint density at radius 1 is 1.42 bits per heavy atom. The van der Waals surface area contributed by atoms with E-state index >= 15 is 0 Å². The second-order valence-corrected chi connectivity index (χ2v) is 4.95. The van der Waals surface area contributed by atoms with E-state index in [1.54, 1.807) is 6.07 Å². The summed E-state index contributed by atoms with van der Waals surface area (Å²) < 4.78 is 14.0. The summed E-state index contributed by atoms with van der Waals surface area (Å²) in [6.07, 6.45) is 0. The van der Waals surface area contributed by atoms with Gasteiger partial charge in [0.05, 0.1) is 17.7 Å². The zero-order chi connectivity index (χ0) is 13.1. The second-order valence-electron chi connectivity index (χ2n) is 4.58. The first-order valence-corrected chi connectivity index (χ1v) is 6.53. The molecule has 2 rings (SSSR count). The van der Waals surface area contributed by atoms with Crippen LogP contribution in [0.25, 0.3) is 0 Å². The highest BCUT2D eigenvalue weighted by atomic mass is 35.5. The van der Waals surface area contributed by atoms with Crippen LogP contribution in [0.5, 0.6) is 0 Å². The molecule has 19 heavy (non-hydrogen) atoms. The molecule has 0 unspecified atom stereocenters. The van der Waals surface area contributed by atoms with Crippen molar-refractivity contribution in [2.24, 2.45) is 0 Å². The third kappa shape index (κ3) is 3.58. The summed E-state index contributed by atoms with van der Waals surface area (Å²) >= 11 is 6.20. The Kier molecular flexibility index (Phi) is 6.50. The van der Waals surface area contributed by atoms with Gasteiger partial charge in [-0.25, -0.2) is 4.39 Å². The van der Waals surface area contributed by atoms with E-state index in [0.29, 0.717) is 10.6 Å². The average Bonchev–Trinajstić information content (AvgIpc) is 2.40. The molecule has 2 N–H and O–H groups in total. The number of hydrogen-bond acceptors (Lipinski definition) is 3. The molecule has 6 heteroatoms. The minimum atomic E-state index is -0.362. The van der Waals surface area contributed by atoms with Crippen LogP contribution in [0.3, 0.4) is 0 Å². The Morgan fingerprint density at radius 3 is 2.63 bits per heavy atom. The van der Waals surface area contributed by atoms with E-state index in [4.69, 9.17) is 11.6 Å². The lowest BCUT2D eigenvalue weighted by atomic mass is 10.0. The van der Waals surface area contributed by atoms with Crippen molar-refractivity contribution in [3.63, 3.8) is 0 Å². The van der Waals surface area contributed by atoms with Gasteiger partial charge in [-0.05, 0) is 18.6 Å². The molecular weight excluding hydrogens is 290 g/mol. The molecule has 0 aliphatic carbocycles. The topological polar surface area (TPSA) is 35.5 Å². The fourth-order valence-corrected chi connectivity index (χ4v) is 2.65. The summed E-state index contributed by atoms with van der Waals surface area (Å²) in [5.41, 5.74) is 1.25. The van der Waals surface area contributed by atoms with Crippen molar-refractivity contribution in [3.8, 4) is 0 Å². The Morgan fingerprint density at radius 2 is 2.05 bits per heavy atom. The Bertz CT molecular complexity index is 425. The number of rotatable bonds is 3. The van der Waals surface area contributed by atoms with Crippen LogP contribution in [0.2, 0.25) is 5.02 Å². The van der Waals surface area contributed by atoms with Crippen LogP contribution >= 0.6 is 24.0 Å². The van der Waals surface area contributed by atoms with Crippen LogP contribution in [-0.4, -0.2) is 42.8 Å². The van der Waals surface area contributed by atoms with Crippen molar-refractivity contribution >= 4 is 24.0 Å². The van der Waals surface area contributed by atoms with E-state index in [1.807, 2.05) is 6.92 Å². The van der Waals surface area contributed by atoms with Gasteiger partial charge in [-0.2, -0.15) is 0 Å². The van der Waals surface area contributed by atoms with Crippen LogP contribution in [0.1, 0.15) is 17.2 Å². The van der Waals surface area contributed by atoms with Crippen molar-refractivity contribution in [3.05, 3.63) is 34.1 Å². The third-order valence-corrected chi connectivity index (χ3v) is 3.92. The lowest BCUT2D eigenvalue weighted by Gasteiger charge is -2.34. The maximum absolute atomic E-state index is 14.0. The van der Waals surface area contributed by atoms with E-state index in [2.05, 4.69) is 10.2 Å². The van der Waals surface area contributed by atoms with Gasteiger partial charge in [0.15, 0.2) is 0 Å². The van der Waals surface area contributed by atoms with Crippen LogP contribution in [-0.2, 0) is 0 Å². The molecule has 0 radical (unpaired) electrons. The molecule has 0 saturated carbocycles. The van der Waals surface area contributed by atoms with Gasteiger partial charge in [-0.1, -0.05) is 17.7 Å². The van der Waals surface area contributed by atoms with Crippen molar-refractivity contribution in [2.45, 2.75) is 13.0 Å². The predicted octanol–water partition coefficient (Wildman–Crippen LogP) is 2.15. The monoisotopic (exact) mass is 308 g/mol. The Labute approximate surface area is 124 Å². The number of hydrogen-bond donors (Lipinski definition) is 2. The lowest BCUT2D eigenvalue weighted by Crippen LogP contribution is -2.46. The molecule has 1 aliphatic rings. The van der Waals surface area contributed by atoms with Gasteiger partial charge in [0, 0.05) is 31.7 Å². The summed E-state index contributed by atoms with van der Waals surface area (Å²) in [4.78, 5) is 2.07. The maximum Gasteiger partial charge on any atom is 0.129 e. The standard InChI is InChI=1S/C13H18ClFN2O.ClH/c1-9-2-3-10(15)12(13(9)14)11(8-18)17-6-4-16-5-7-17;/h2-3,11,16,18H,4-8H2,1H3;1H/t11-;/m1./s1. The predicted molar refractivity (Wildman–Crippen MR) is 77.7 cm³/mol. The van der Waals surface area contributed by atoms with Crippen molar-refractivity contribution in [1.82, 2.24) is 10.2 Å². The van der Waals surface area contributed by atoms with E-state index in [9.17, 15) is 9.50 Å². The first-order chi connectivity index (χ1) is 8.65. The fraction of sp³-hybridized carbons (Fsp3) is 0.538. The van der Waals surface area contributed by atoms with Crippen LogP contribution in [0, 0.1) is 12.7 Å². The molecule has 1 fully saturated rings. The fourth-order valence-electron chi connectivity index (χ4n) is 2.37. The Hall–Kier alpha value is -0.390. The molecule has 1 aliphatic heterocycles. The number of benzene rings is 1. The van der Waals surface area contributed by atoms with Crippen LogP contribution in [0.4, 0.5) is 4.39 Å². The first kappa shape index (κ1) is 16.7. The van der Waals surface area contributed by atoms with E-state index < -0.39 is 0 Å². The number of piperazine rings is 1. The SMILES string of the molecule is Cc1ccc(F)c([C@@H](CO)N2CCNCC2)c1Cl.Cl. The highest BCUT2D eigenvalue weighted by molar-refractivity contribution is 6.32. The van der Waals surface area contributed by atoms with Gasteiger partial charge in [-0.3, -0.25) is 4.90 Å². The third-order valence-electron chi connectivity index (χ3n) is 3.42. The Balaban J connectivity index is 0.00000180. The summed E-state index contributed by atoms with van der Waals surface area (Å²) in [6, 6.07) is 2.72. The second kappa shape index (κ2) is 7.41. The molecule has 0 amide bonds. The van der Waals surface area contributed by atoms with E-state index in [0.717, 1.165) is 31.7 Å². The van der Waals surface area contributed by atoms with Crippen LogP contribution in [0.15, 0.2) is 12.1 Å². The highest BCUT2D eigenvalue weighted by Crippen LogP contribution is 2.32. The molecule has 1 atom stereocenters. The summed E-state index contributed by atoms with van der Waals surface area (Å²) in [7, 11) is 0. The molecule has 0 bridgehead atoms. The number of nitrogens with one attached hydrogen (secondary N) is 1. The van der Waals surface area contributed by atoms with E-state index in [1.165, 1.54) is 6.07 Å². The highest BCUT2D eigenvalue weighted by Gasteiger charge is 2.26. The number of halogens is 3. The molecule has 1 heterocycles. The van der Waals surface area contributed by atoms with Gasteiger partial charge in [-0.15, -0.1) is 12.4 Å². The minimum absolute atomic E-state index is 0. The van der Waals surface area contributed by atoms with Gasteiger partial charge in [0.1, 0.15) is 5.82 Å². The molecule has 0 spiro atoms. The molecule has 1 aromatic carbocycles. The quantitative estimate of drug-likeness (QED) is 0.898. The number of aryl methyl sites for hydroxylation is 1. The smallest absolute Gasteiger partial charge is 0.129 e. The summed E-state index contributed by atoms with van der Waals surface area (Å²) in [5.74, 6) is -0.344. The molecule has 108 valence electrons. The van der Waals surface area contributed by atoms with Crippen molar-refractivity contribution < 1.29 is 9.50 Å². The first-order valence-electron chi connectivity index (χ1n) is 6.15. The average molecular weight is 309 g/mol. The maximum atomic E-state index is 14.0. The van der Waals surface area contributed by atoms with E-state index in [-0.39, 0.29) is 30.9 Å². The number of aliphatic hydroxyl groups excluding tert-OH is 1. The molecule has 1 aromatic rings. The van der Waals surface area contributed by atoms with Gasteiger partial charge in [0.2, 0.25) is 0 Å². The molecule has 0 aromatic heterocycles. The van der Waals surface area contributed by atoms with Crippen LogP contribution < -0.4 is 5.32 Å². The van der Waals surface area contributed by atoms with Gasteiger partial charge >= 0.3 is 0 Å². The summed E-state index contributed by atoms with van der Waals surface area (Å²) in [6.45, 7) is 4.99. The largest absolute Gasteiger partial charge is 0.394 e. The minimum Gasteiger partial charge on any atom is -0.394 e. The number of aliphatic hydroxyl groups is 1. The zero-order valence-corrected chi connectivity index (χ0v) is 12.4. The molecule has 1 saturated heterocycles. The summed E-state index contributed by atoms with van der Waals surface area (Å²) in [5, 5.41) is 13.2. The van der Waals surface area contributed by atoms with Crippen molar-refractivity contribution in [2.75, 3.05) is 32.8 Å². The van der Waals surface area contributed by atoms with Gasteiger partial charge < -0.3 is 10.4 Å². The lowest BCUT2D eigenvalue weighted by molar-refractivity contribution is 0.108. The van der Waals surface area contributed by atoms with Crippen molar-refractivity contribution in [1.29, 1.82) is 0 Å².